The molecule has 0 radical (unpaired) electrons. The number of hydrogen-bond donors (Lipinski definition) is 1. The number of amides is 1. The monoisotopic (exact) mass is 421 g/mol. The van der Waals surface area contributed by atoms with Gasteiger partial charge in [0, 0.05) is 18.6 Å². The van der Waals surface area contributed by atoms with Crippen molar-refractivity contribution in [1.29, 1.82) is 0 Å². The zero-order valence-electron chi connectivity index (χ0n) is 14.3. The molecule has 28 heavy (non-hydrogen) atoms. The topological polar surface area (TPSA) is 121 Å². The highest BCUT2D eigenvalue weighted by Gasteiger charge is 2.26. The third-order valence-corrected chi connectivity index (χ3v) is 5.50. The molecule has 0 saturated carbocycles. The first-order valence-corrected chi connectivity index (χ1v) is 9.72. The van der Waals surface area contributed by atoms with Gasteiger partial charge in [-0.1, -0.05) is 16.8 Å². The van der Waals surface area contributed by atoms with Crippen molar-refractivity contribution in [2.75, 3.05) is 11.9 Å². The zero-order valence-corrected chi connectivity index (χ0v) is 15.9. The summed E-state index contributed by atoms with van der Waals surface area (Å²) in [6.07, 6.45) is 0. The molecule has 0 saturated heterocycles. The smallest absolute Gasteiger partial charge is 0.340 e. The molecule has 0 spiro atoms. The molecule has 2 heterocycles. The lowest BCUT2D eigenvalue weighted by Gasteiger charge is -2.19. The van der Waals surface area contributed by atoms with Crippen molar-refractivity contribution in [3.63, 3.8) is 0 Å². The molecule has 1 amide bonds. The van der Waals surface area contributed by atoms with Crippen molar-refractivity contribution < 1.29 is 26.7 Å². The Labute approximate surface area is 164 Å². The Hall–Kier alpha value is -3.11. The predicted molar refractivity (Wildman–Crippen MR) is 97.9 cm³/mol. The number of nitrogens with zero attached hydrogens (tertiary/aromatic N) is 2. The van der Waals surface area contributed by atoms with Crippen molar-refractivity contribution in [2.24, 2.45) is 0 Å². The van der Waals surface area contributed by atoms with Crippen molar-refractivity contribution in [2.45, 2.75) is 11.8 Å². The maximum Gasteiger partial charge on any atom is 0.340 e. The van der Waals surface area contributed by atoms with Gasteiger partial charge in [-0.15, -0.1) is 0 Å². The summed E-state index contributed by atoms with van der Waals surface area (Å²) in [7, 11) is -4.24. The largest absolute Gasteiger partial charge is 0.482 e. The molecule has 0 bridgehead atoms. The number of nitrogens with one attached hydrogen (secondary N) is 1. The number of hydrogen-bond acceptors (Lipinski definition) is 8. The highest BCUT2D eigenvalue weighted by molar-refractivity contribution is 7.87. The number of benzene rings is 2. The molecule has 1 aliphatic heterocycles. The van der Waals surface area contributed by atoms with Crippen LogP contribution in [0.4, 0.5) is 5.69 Å². The van der Waals surface area contributed by atoms with E-state index in [1.54, 1.807) is 19.1 Å². The van der Waals surface area contributed by atoms with Crippen LogP contribution in [-0.4, -0.2) is 31.1 Å². The molecule has 0 fully saturated rings. The third kappa shape index (κ3) is 3.51. The van der Waals surface area contributed by atoms with Crippen molar-refractivity contribution >= 4 is 33.3 Å². The minimum absolute atomic E-state index is 0.0759. The van der Waals surface area contributed by atoms with Crippen LogP contribution in [0, 0.1) is 6.92 Å². The van der Waals surface area contributed by atoms with Crippen LogP contribution in [-0.2, 0) is 14.9 Å². The molecule has 2 aromatic carbocycles. The normalized spacial score (nSPS) is 13.4. The van der Waals surface area contributed by atoms with Gasteiger partial charge >= 0.3 is 10.1 Å². The van der Waals surface area contributed by atoms with Gasteiger partial charge in [-0.25, -0.2) is 0 Å². The quantitative estimate of drug-likeness (QED) is 0.638. The Morgan fingerprint density at radius 3 is 2.64 bits per heavy atom. The van der Waals surface area contributed by atoms with Crippen LogP contribution in [0.1, 0.15) is 5.89 Å². The van der Waals surface area contributed by atoms with Gasteiger partial charge < -0.3 is 18.8 Å². The highest BCUT2D eigenvalue weighted by Crippen LogP contribution is 2.36. The van der Waals surface area contributed by atoms with Crippen molar-refractivity contribution in [3.8, 4) is 22.9 Å². The van der Waals surface area contributed by atoms with E-state index in [2.05, 4.69) is 15.5 Å². The van der Waals surface area contributed by atoms with Crippen molar-refractivity contribution in [3.05, 3.63) is 47.3 Å². The molecule has 0 unspecified atom stereocenters. The Morgan fingerprint density at radius 2 is 1.96 bits per heavy atom. The van der Waals surface area contributed by atoms with E-state index in [0.29, 0.717) is 23.0 Å². The first-order valence-electron chi connectivity index (χ1n) is 7.93. The highest BCUT2D eigenvalue weighted by atomic mass is 35.5. The fourth-order valence-electron chi connectivity index (χ4n) is 2.52. The number of carbonyl (C=O) groups excluding carboxylic acids is 1. The third-order valence-electron chi connectivity index (χ3n) is 3.78. The lowest BCUT2D eigenvalue weighted by Crippen LogP contribution is -2.25. The molecule has 1 N–H and O–H groups in total. The molecule has 0 aliphatic carbocycles. The van der Waals surface area contributed by atoms with Gasteiger partial charge in [0.1, 0.15) is 16.4 Å². The van der Waals surface area contributed by atoms with Gasteiger partial charge in [0.15, 0.2) is 6.61 Å². The van der Waals surface area contributed by atoms with Crippen LogP contribution in [0.3, 0.4) is 0 Å². The summed E-state index contributed by atoms with van der Waals surface area (Å²) in [6, 6.07) is 8.63. The van der Waals surface area contributed by atoms with Crippen molar-refractivity contribution in [1.82, 2.24) is 10.1 Å². The summed E-state index contributed by atoms with van der Waals surface area (Å²) in [5.41, 5.74) is 0.928. The van der Waals surface area contributed by atoms with Crippen LogP contribution in [0.15, 0.2) is 45.8 Å². The SMILES string of the molecule is Cc1nc(-c2ccc(OS(=O)(=O)c3cc4c(cc3Cl)NC(=O)CO4)cc2)no1. The Balaban J connectivity index is 1.60. The van der Waals surface area contributed by atoms with Crippen LogP contribution in [0.25, 0.3) is 11.4 Å². The van der Waals surface area contributed by atoms with Gasteiger partial charge in [-0.3, -0.25) is 4.79 Å². The second kappa shape index (κ2) is 6.80. The maximum atomic E-state index is 12.6. The van der Waals surface area contributed by atoms with E-state index >= 15 is 0 Å². The van der Waals surface area contributed by atoms with E-state index in [1.807, 2.05) is 0 Å². The van der Waals surface area contributed by atoms with Gasteiger partial charge in [0.25, 0.3) is 5.91 Å². The molecule has 0 atom stereocenters. The molecular weight excluding hydrogens is 410 g/mol. The lowest BCUT2D eigenvalue weighted by atomic mass is 10.2. The number of anilines is 1. The number of ether oxygens (including phenoxy) is 1. The van der Waals surface area contributed by atoms with E-state index in [0.717, 1.165) is 0 Å². The minimum Gasteiger partial charge on any atom is -0.482 e. The van der Waals surface area contributed by atoms with E-state index in [-0.39, 0.29) is 33.9 Å². The number of fused-ring (bicyclic) bond motifs is 1. The fraction of sp³-hybridized carbons (Fsp3) is 0.118. The summed E-state index contributed by atoms with van der Waals surface area (Å²) in [5.74, 6) is 0.704. The van der Waals surface area contributed by atoms with Gasteiger partial charge in [0.2, 0.25) is 11.7 Å². The molecular formula is C17H12ClN3O6S. The number of halogens is 1. The Bertz CT molecular complexity index is 1170. The number of aryl methyl sites for hydroxylation is 1. The van der Waals surface area contributed by atoms with Gasteiger partial charge in [-0.2, -0.15) is 13.4 Å². The van der Waals surface area contributed by atoms with Crippen LogP contribution < -0.4 is 14.2 Å². The number of rotatable bonds is 4. The fourth-order valence-corrected chi connectivity index (χ4v) is 3.97. The maximum absolute atomic E-state index is 12.6. The van der Waals surface area contributed by atoms with Gasteiger partial charge in [0.05, 0.1) is 10.7 Å². The summed E-state index contributed by atoms with van der Waals surface area (Å²) in [6.45, 7) is 1.45. The summed E-state index contributed by atoms with van der Waals surface area (Å²) in [4.78, 5) is 15.2. The average molecular weight is 422 g/mol. The van der Waals surface area contributed by atoms with Crippen LogP contribution >= 0.6 is 11.6 Å². The molecule has 4 rings (SSSR count). The summed E-state index contributed by atoms with van der Waals surface area (Å²) < 4.78 is 40.6. The second-order valence-corrected chi connectivity index (χ2v) is 7.74. The average Bonchev–Trinajstić information content (AvgIpc) is 3.07. The second-order valence-electron chi connectivity index (χ2n) is 5.81. The van der Waals surface area contributed by atoms with Gasteiger partial charge in [-0.05, 0) is 30.3 Å². The molecule has 1 aromatic heterocycles. The molecule has 1 aliphatic rings. The minimum atomic E-state index is -4.24. The lowest BCUT2D eigenvalue weighted by molar-refractivity contribution is -0.118. The predicted octanol–water partition coefficient (Wildman–Crippen LogP) is 2.80. The van der Waals surface area contributed by atoms with E-state index in [9.17, 15) is 13.2 Å². The zero-order chi connectivity index (χ0) is 19.9. The van der Waals surface area contributed by atoms with Crippen LogP contribution in [0.2, 0.25) is 5.02 Å². The first kappa shape index (κ1) is 18.3. The Kier molecular flexibility index (Phi) is 4.44. The van der Waals surface area contributed by atoms with Crippen LogP contribution in [0.5, 0.6) is 11.5 Å². The summed E-state index contributed by atoms with van der Waals surface area (Å²) in [5, 5.41) is 6.23. The standard InChI is InChI=1S/C17H12ClN3O6S/c1-9-19-17(21-26-9)10-2-4-11(5-3-10)27-28(23,24)15-7-14-13(6-12(15)18)20-16(22)8-25-14/h2-7H,8H2,1H3,(H,20,22). The van der Waals surface area contributed by atoms with E-state index < -0.39 is 10.1 Å². The number of carbonyl (C=O) groups is 1. The summed E-state index contributed by atoms with van der Waals surface area (Å²) >= 11 is 6.07. The molecule has 3 aromatic rings. The van der Waals surface area contributed by atoms with E-state index in [1.165, 1.54) is 24.3 Å². The first-order chi connectivity index (χ1) is 13.3. The Morgan fingerprint density at radius 1 is 1.21 bits per heavy atom. The molecule has 11 heteroatoms. The molecule has 144 valence electrons. The van der Waals surface area contributed by atoms with E-state index in [4.69, 9.17) is 25.0 Å². The molecule has 9 nitrogen and oxygen atoms in total. The number of aromatic nitrogens is 2.